The van der Waals surface area contributed by atoms with Crippen LogP contribution in [0.15, 0.2) is 27.9 Å². The molecule has 21 heavy (non-hydrogen) atoms. The van der Waals surface area contributed by atoms with E-state index in [-0.39, 0.29) is 36.1 Å². The lowest BCUT2D eigenvalue weighted by Crippen LogP contribution is -2.41. The molecule has 2 aromatic rings. The van der Waals surface area contributed by atoms with Crippen molar-refractivity contribution in [2.24, 2.45) is 5.92 Å². The van der Waals surface area contributed by atoms with E-state index in [0.29, 0.717) is 5.39 Å². The molecule has 7 heteroatoms. The Morgan fingerprint density at radius 3 is 2.95 bits per heavy atom. The molecule has 0 unspecified atom stereocenters. The Kier molecular flexibility index (Phi) is 3.55. The van der Waals surface area contributed by atoms with E-state index in [1.165, 1.54) is 6.20 Å². The molecule has 1 aliphatic rings. The molecular formula is C14H16N4O3. The summed E-state index contributed by atoms with van der Waals surface area (Å²) in [4.78, 5) is 42.3. The van der Waals surface area contributed by atoms with Crippen LogP contribution < -0.4 is 16.6 Å². The number of hydrogen-bond acceptors (Lipinski definition) is 4. The van der Waals surface area contributed by atoms with E-state index in [0.717, 1.165) is 23.8 Å². The van der Waals surface area contributed by atoms with Gasteiger partial charge in [0.05, 0.1) is 5.39 Å². The van der Waals surface area contributed by atoms with Gasteiger partial charge in [-0.25, -0.2) is 9.78 Å². The molecule has 2 N–H and O–H groups in total. The van der Waals surface area contributed by atoms with Crippen LogP contribution in [-0.2, 0) is 11.3 Å². The summed E-state index contributed by atoms with van der Waals surface area (Å²) in [5, 5.41) is 3.13. The number of aromatic nitrogens is 3. The van der Waals surface area contributed by atoms with Crippen LogP contribution in [0, 0.1) is 5.92 Å². The minimum absolute atomic E-state index is 0.00758. The summed E-state index contributed by atoms with van der Waals surface area (Å²) in [6.45, 7) is 0.418. The second kappa shape index (κ2) is 5.51. The predicted octanol–water partition coefficient (Wildman–Crippen LogP) is 0.00110. The Hall–Kier alpha value is -2.44. The third-order valence-corrected chi connectivity index (χ3v) is 3.86. The predicted molar refractivity (Wildman–Crippen MR) is 77.0 cm³/mol. The van der Waals surface area contributed by atoms with Crippen LogP contribution in [0.3, 0.4) is 0 Å². The van der Waals surface area contributed by atoms with Gasteiger partial charge >= 0.3 is 5.69 Å². The van der Waals surface area contributed by atoms with E-state index in [2.05, 4.69) is 15.3 Å². The molecule has 1 saturated carbocycles. The zero-order valence-electron chi connectivity index (χ0n) is 11.5. The fourth-order valence-corrected chi connectivity index (χ4v) is 2.39. The van der Waals surface area contributed by atoms with Gasteiger partial charge in [-0.2, -0.15) is 0 Å². The highest BCUT2D eigenvalue weighted by atomic mass is 16.2. The number of pyridine rings is 1. The van der Waals surface area contributed by atoms with E-state index in [1.807, 2.05) is 0 Å². The monoisotopic (exact) mass is 288 g/mol. The third-order valence-electron chi connectivity index (χ3n) is 3.86. The Bertz CT molecular complexity index is 789. The molecule has 110 valence electrons. The second-order valence-corrected chi connectivity index (χ2v) is 5.21. The van der Waals surface area contributed by atoms with Crippen LogP contribution in [0.1, 0.15) is 19.3 Å². The van der Waals surface area contributed by atoms with Crippen molar-refractivity contribution in [1.82, 2.24) is 19.9 Å². The number of carbonyl (C=O) groups excluding carboxylic acids is 1. The van der Waals surface area contributed by atoms with Crippen molar-refractivity contribution in [3.63, 3.8) is 0 Å². The van der Waals surface area contributed by atoms with Crippen LogP contribution in [0.5, 0.6) is 0 Å². The fraction of sp³-hybridized carbons (Fsp3) is 0.429. The minimum Gasteiger partial charge on any atom is -0.354 e. The molecule has 0 radical (unpaired) electrons. The molecule has 0 saturated heterocycles. The van der Waals surface area contributed by atoms with Gasteiger partial charge in [0.2, 0.25) is 5.91 Å². The lowest BCUT2D eigenvalue weighted by atomic mass is 9.85. The van der Waals surface area contributed by atoms with E-state index in [4.69, 9.17) is 0 Å². The Labute approximate surface area is 120 Å². The molecule has 7 nitrogen and oxygen atoms in total. The summed E-state index contributed by atoms with van der Waals surface area (Å²) in [6, 6.07) is 3.26. The normalized spacial score (nSPS) is 14.9. The van der Waals surface area contributed by atoms with Gasteiger partial charge in [0.1, 0.15) is 5.65 Å². The van der Waals surface area contributed by atoms with Crippen molar-refractivity contribution in [2.75, 3.05) is 6.54 Å². The van der Waals surface area contributed by atoms with Gasteiger partial charge in [0.15, 0.2) is 0 Å². The standard InChI is InChI=1S/C14H16N4O3/c19-12(9-3-1-4-9)16-7-8-18-13(20)10-5-2-6-15-11(10)17-14(18)21/h2,5-6,9H,1,3-4,7-8H2,(H,16,19)(H,15,17,21). The highest BCUT2D eigenvalue weighted by Crippen LogP contribution is 2.25. The first-order valence-electron chi connectivity index (χ1n) is 7.02. The van der Waals surface area contributed by atoms with Gasteiger partial charge in [-0.15, -0.1) is 0 Å². The molecule has 1 fully saturated rings. The minimum atomic E-state index is -0.510. The second-order valence-electron chi connectivity index (χ2n) is 5.21. The number of carbonyl (C=O) groups is 1. The van der Waals surface area contributed by atoms with Crippen LogP contribution in [0.4, 0.5) is 0 Å². The van der Waals surface area contributed by atoms with Gasteiger partial charge < -0.3 is 5.32 Å². The summed E-state index contributed by atoms with van der Waals surface area (Å²) in [5.74, 6) is 0.106. The first-order valence-corrected chi connectivity index (χ1v) is 7.02. The zero-order valence-corrected chi connectivity index (χ0v) is 11.5. The topological polar surface area (TPSA) is 96.8 Å². The number of fused-ring (bicyclic) bond motifs is 1. The first-order chi connectivity index (χ1) is 10.2. The SMILES string of the molecule is O=C(NCCn1c(=O)[nH]c2ncccc2c1=O)C1CCC1. The maximum atomic E-state index is 12.2. The van der Waals surface area contributed by atoms with Crippen molar-refractivity contribution >= 4 is 16.9 Å². The quantitative estimate of drug-likeness (QED) is 0.827. The molecule has 0 aliphatic heterocycles. The number of aromatic amines is 1. The van der Waals surface area contributed by atoms with Crippen molar-refractivity contribution in [3.05, 3.63) is 39.2 Å². The number of hydrogen-bond donors (Lipinski definition) is 2. The number of amides is 1. The molecule has 2 heterocycles. The van der Waals surface area contributed by atoms with Gasteiger partial charge in [-0.1, -0.05) is 6.42 Å². The van der Waals surface area contributed by atoms with E-state index in [1.54, 1.807) is 12.1 Å². The molecule has 0 spiro atoms. The van der Waals surface area contributed by atoms with Crippen LogP contribution in [-0.4, -0.2) is 27.0 Å². The summed E-state index contributed by atoms with van der Waals surface area (Å²) in [6.07, 6.45) is 4.46. The number of rotatable bonds is 4. The van der Waals surface area contributed by atoms with E-state index >= 15 is 0 Å². The van der Waals surface area contributed by atoms with Crippen molar-refractivity contribution in [1.29, 1.82) is 0 Å². The van der Waals surface area contributed by atoms with Gasteiger partial charge in [-0.05, 0) is 25.0 Å². The molecule has 3 rings (SSSR count). The first kappa shape index (κ1) is 13.5. The Morgan fingerprint density at radius 2 is 2.24 bits per heavy atom. The molecule has 2 aromatic heterocycles. The zero-order chi connectivity index (χ0) is 14.8. The maximum Gasteiger partial charge on any atom is 0.330 e. The van der Waals surface area contributed by atoms with E-state index < -0.39 is 5.69 Å². The van der Waals surface area contributed by atoms with Crippen molar-refractivity contribution < 1.29 is 4.79 Å². The molecular weight excluding hydrogens is 272 g/mol. The van der Waals surface area contributed by atoms with Crippen LogP contribution in [0.25, 0.3) is 11.0 Å². The Morgan fingerprint density at radius 1 is 1.43 bits per heavy atom. The average molecular weight is 288 g/mol. The summed E-state index contributed by atoms with van der Waals surface area (Å²) < 4.78 is 1.09. The molecule has 1 aliphatic carbocycles. The largest absolute Gasteiger partial charge is 0.354 e. The number of nitrogens with one attached hydrogen (secondary N) is 2. The summed E-state index contributed by atoms with van der Waals surface area (Å²) in [5.41, 5.74) is -0.619. The fourth-order valence-electron chi connectivity index (χ4n) is 2.39. The summed E-state index contributed by atoms with van der Waals surface area (Å²) >= 11 is 0. The number of H-pyrrole nitrogens is 1. The van der Waals surface area contributed by atoms with Crippen molar-refractivity contribution in [3.8, 4) is 0 Å². The van der Waals surface area contributed by atoms with Crippen LogP contribution in [0.2, 0.25) is 0 Å². The molecule has 1 amide bonds. The molecule has 0 atom stereocenters. The third kappa shape index (κ3) is 2.58. The lowest BCUT2D eigenvalue weighted by molar-refractivity contribution is -0.127. The summed E-state index contributed by atoms with van der Waals surface area (Å²) in [7, 11) is 0. The van der Waals surface area contributed by atoms with E-state index in [9.17, 15) is 14.4 Å². The van der Waals surface area contributed by atoms with Crippen LogP contribution >= 0.6 is 0 Å². The molecule has 0 aromatic carbocycles. The maximum absolute atomic E-state index is 12.2. The smallest absolute Gasteiger partial charge is 0.330 e. The molecule has 0 bridgehead atoms. The number of nitrogens with zero attached hydrogens (tertiary/aromatic N) is 2. The lowest BCUT2D eigenvalue weighted by Gasteiger charge is -2.24. The van der Waals surface area contributed by atoms with Gasteiger partial charge in [0, 0.05) is 25.2 Å². The van der Waals surface area contributed by atoms with Gasteiger partial charge in [0.25, 0.3) is 5.56 Å². The van der Waals surface area contributed by atoms with Crippen molar-refractivity contribution in [2.45, 2.75) is 25.8 Å². The van der Waals surface area contributed by atoms with Gasteiger partial charge in [-0.3, -0.25) is 19.1 Å². The highest BCUT2D eigenvalue weighted by Gasteiger charge is 2.24. The Balaban J connectivity index is 1.76. The highest BCUT2D eigenvalue weighted by molar-refractivity contribution is 5.79. The average Bonchev–Trinajstić information content (AvgIpc) is 2.40.